The second kappa shape index (κ2) is 10.0. The second-order valence-corrected chi connectivity index (χ2v) is 7.26. The van der Waals surface area contributed by atoms with E-state index in [0.717, 1.165) is 33.7 Å². The molecule has 0 fully saturated rings. The molecule has 2 aromatic carbocycles. The maximum atomic E-state index is 13.1. The second-order valence-electron chi connectivity index (χ2n) is 6.17. The monoisotopic (exact) mass is 429 g/mol. The van der Waals surface area contributed by atoms with Crippen molar-refractivity contribution in [3.05, 3.63) is 90.0 Å². The van der Waals surface area contributed by atoms with E-state index in [2.05, 4.69) is 15.6 Å². The average molecular weight is 430 g/mol. The number of rotatable bonds is 7. The van der Waals surface area contributed by atoms with Gasteiger partial charge in [-0.05, 0) is 63.6 Å². The van der Waals surface area contributed by atoms with Crippen molar-refractivity contribution in [1.82, 2.24) is 10.3 Å². The molecule has 0 spiro atoms. The van der Waals surface area contributed by atoms with Gasteiger partial charge in [0.25, 0.3) is 5.91 Å². The van der Waals surface area contributed by atoms with E-state index in [0.29, 0.717) is 5.69 Å². The van der Waals surface area contributed by atoms with Crippen molar-refractivity contribution in [2.45, 2.75) is 17.4 Å². The van der Waals surface area contributed by atoms with Gasteiger partial charge in [-0.2, -0.15) is 0 Å². The number of carbonyl (C=O) groups is 2. The maximum Gasteiger partial charge on any atom is 0.270 e. The number of carbonyl (C=O) groups excluding carboxylic acids is 2. The molecular weight excluding hydrogens is 413 g/mol. The van der Waals surface area contributed by atoms with E-state index in [9.17, 15) is 14.0 Å². The first-order valence-corrected chi connectivity index (χ1v) is 10.4. The lowest BCUT2D eigenvalue weighted by Crippen LogP contribution is -2.45. The summed E-state index contributed by atoms with van der Waals surface area (Å²) in [5, 5.41) is 5.48. The molecule has 1 aromatic heterocycles. The van der Waals surface area contributed by atoms with Crippen LogP contribution in [0, 0.1) is 5.82 Å². The Hall–Kier alpha value is -2.90. The minimum atomic E-state index is -0.848. The largest absolute Gasteiger partial charge is 0.339 e. The smallest absolute Gasteiger partial charge is 0.270 e. The normalized spacial score (nSPS) is 11.5. The Labute approximate surface area is 176 Å². The summed E-state index contributed by atoms with van der Waals surface area (Å²) in [6.07, 6.45) is 1.24. The maximum absolute atomic E-state index is 13.1. The van der Waals surface area contributed by atoms with Crippen molar-refractivity contribution < 1.29 is 14.0 Å². The first kappa shape index (κ1) is 20.8. The lowest BCUT2D eigenvalue weighted by atomic mass is 10.0. The number of amides is 2. The van der Waals surface area contributed by atoms with Gasteiger partial charge in [0.15, 0.2) is 0 Å². The highest BCUT2D eigenvalue weighted by Gasteiger charge is 2.22. The zero-order chi connectivity index (χ0) is 20.6. The minimum absolute atomic E-state index is 0.0285. The molecule has 3 rings (SSSR count). The van der Waals surface area contributed by atoms with Crippen molar-refractivity contribution in [2.24, 2.45) is 0 Å². The summed E-state index contributed by atoms with van der Waals surface area (Å²) in [4.78, 5) is 30.0. The molecule has 148 valence electrons. The Balaban J connectivity index is 1.76. The molecule has 1 heterocycles. The number of nitrogens with zero attached hydrogens (tertiary/aromatic N) is 1. The first-order chi connectivity index (χ1) is 14.0. The number of pyridine rings is 1. The molecular formula is C21H17ClFN3O2S. The quantitative estimate of drug-likeness (QED) is 0.582. The molecule has 1 atom stereocenters. The van der Waals surface area contributed by atoms with E-state index in [1.807, 2.05) is 30.3 Å². The summed E-state index contributed by atoms with van der Waals surface area (Å²) >= 11 is 0. The van der Waals surface area contributed by atoms with Crippen molar-refractivity contribution in [3.63, 3.8) is 0 Å². The number of benzene rings is 2. The number of hydrogen-bond donors (Lipinski definition) is 2. The Morgan fingerprint density at radius 3 is 2.38 bits per heavy atom. The van der Waals surface area contributed by atoms with Gasteiger partial charge < -0.3 is 10.6 Å². The summed E-state index contributed by atoms with van der Waals surface area (Å²) in [5.41, 5.74) is 1.49. The van der Waals surface area contributed by atoms with Gasteiger partial charge in [-0.15, -0.1) is 0 Å². The van der Waals surface area contributed by atoms with Crippen LogP contribution in [0.4, 0.5) is 10.1 Å². The van der Waals surface area contributed by atoms with Crippen LogP contribution in [0.15, 0.2) is 77.8 Å². The van der Waals surface area contributed by atoms with Gasteiger partial charge in [-0.3, -0.25) is 9.59 Å². The Kier molecular flexibility index (Phi) is 7.21. The van der Waals surface area contributed by atoms with Crippen LogP contribution in [-0.2, 0) is 11.2 Å². The number of anilines is 1. The molecule has 0 aliphatic carbocycles. The van der Waals surface area contributed by atoms with Crippen molar-refractivity contribution in [3.8, 4) is 0 Å². The highest BCUT2D eigenvalue weighted by molar-refractivity contribution is 8.21. The minimum Gasteiger partial charge on any atom is -0.339 e. The molecule has 0 bridgehead atoms. The molecule has 29 heavy (non-hydrogen) atoms. The van der Waals surface area contributed by atoms with Crippen LogP contribution < -0.4 is 10.6 Å². The number of halogens is 2. The van der Waals surface area contributed by atoms with Crippen LogP contribution in [0.5, 0.6) is 0 Å². The molecule has 0 radical (unpaired) electrons. The third-order valence-corrected chi connectivity index (χ3v) is 5.06. The van der Waals surface area contributed by atoms with Gasteiger partial charge >= 0.3 is 0 Å². The predicted octanol–water partition coefficient (Wildman–Crippen LogP) is 4.45. The third-order valence-electron chi connectivity index (χ3n) is 4.08. The van der Waals surface area contributed by atoms with Crippen LogP contribution in [0.1, 0.15) is 16.1 Å². The van der Waals surface area contributed by atoms with Gasteiger partial charge in [0.1, 0.15) is 17.6 Å². The van der Waals surface area contributed by atoms with Crippen molar-refractivity contribution in [2.75, 3.05) is 5.32 Å². The third kappa shape index (κ3) is 6.04. The summed E-state index contributed by atoms with van der Waals surface area (Å²) in [7, 11) is 6.78. The van der Waals surface area contributed by atoms with Gasteiger partial charge in [0.05, 0.1) is 6.20 Å². The molecule has 3 aromatic rings. The van der Waals surface area contributed by atoms with Crippen molar-refractivity contribution >= 4 is 39.2 Å². The Morgan fingerprint density at radius 1 is 1.03 bits per heavy atom. The van der Waals surface area contributed by atoms with E-state index < -0.39 is 17.8 Å². The number of aromatic nitrogens is 1. The first-order valence-electron chi connectivity index (χ1n) is 8.71. The molecule has 2 amide bonds. The molecule has 0 saturated heterocycles. The van der Waals surface area contributed by atoms with E-state index >= 15 is 0 Å². The zero-order valence-corrected chi connectivity index (χ0v) is 16.7. The van der Waals surface area contributed by atoms with Crippen LogP contribution in [0.2, 0.25) is 0 Å². The zero-order valence-electron chi connectivity index (χ0n) is 15.1. The van der Waals surface area contributed by atoms with Gasteiger partial charge in [0, 0.05) is 17.0 Å². The molecule has 2 N–H and O–H groups in total. The molecule has 8 heteroatoms. The highest BCUT2D eigenvalue weighted by Crippen LogP contribution is 2.23. The molecule has 0 aliphatic heterocycles. The number of hydrogen-bond acceptors (Lipinski definition) is 4. The van der Waals surface area contributed by atoms with E-state index in [-0.39, 0.29) is 18.0 Å². The molecule has 0 aliphatic rings. The van der Waals surface area contributed by atoms with Crippen LogP contribution in [0.3, 0.4) is 0 Å². The highest BCUT2D eigenvalue weighted by atomic mass is 35.7. The summed E-state index contributed by atoms with van der Waals surface area (Å²) in [5.74, 6) is -1.48. The SMILES string of the molecule is O=C(NC(Cc1ccccc1)C(=O)Nc1ccc(SCl)cc1)c1ccc(F)cn1. The van der Waals surface area contributed by atoms with Gasteiger partial charge in [0.2, 0.25) is 5.91 Å². The summed E-state index contributed by atoms with van der Waals surface area (Å²) in [6.45, 7) is 0. The summed E-state index contributed by atoms with van der Waals surface area (Å²) < 4.78 is 13.1. The molecule has 0 saturated carbocycles. The van der Waals surface area contributed by atoms with Crippen LogP contribution in [-0.4, -0.2) is 22.8 Å². The fraction of sp³-hybridized carbons (Fsp3) is 0.0952. The van der Waals surface area contributed by atoms with Gasteiger partial charge in [-0.1, -0.05) is 30.3 Å². The lowest BCUT2D eigenvalue weighted by Gasteiger charge is -2.18. The fourth-order valence-corrected chi connectivity index (χ4v) is 3.17. The predicted molar refractivity (Wildman–Crippen MR) is 112 cm³/mol. The number of nitrogens with one attached hydrogen (secondary N) is 2. The summed E-state index contributed by atoms with van der Waals surface area (Å²) in [6, 6.07) is 17.9. The van der Waals surface area contributed by atoms with Crippen LogP contribution >= 0.6 is 21.7 Å². The molecule has 1 unspecified atom stereocenters. The average Bonchev–Trinajstić information content (AvgIpc) is 2.75. The van der Waals surface area contributed by atoms with E-state index in [1.165, 1.54) is 6.07 Å². The topological polar surface area (TPSA) is 71.1 Å². The molecule has 5 nitrogen and oxygen atoms in total. The van der Waals surface area contributed by atoms with E-state index in [4.69, 9.17) is 10.7 Å². The van der Waals surface area contributed by atoms with E-state index in [1.54, 1.807) is 24.3 Å². The Morgan fingerprint density at radius 2 is 1.76 bits per heavy atom. The standard InChI is InChI=1S/C21H17ClFN3O2S/c22-29-17-9-7-16(8-10-17)25-21(28)19(12-14-4-2-1-3-5-14)26-20(27)18-11-6-15(23)13-24-18/h1-11,13,19H,12H2,(H,25,28)(H,26,27). The fourth-order valence-electron chi connectivity index (χ4n) is 2.62. The lowest BCUT2D eigenvalue weighted by molar-refractivity contribution is -0.118. The van der Waals surface area contributed by atoms with Crippen LogP contribution in [0.25, 0.3) is 0 Å². The Bertz CT molecular complexity index is 969. The van der Waals surface area contributed by atoms with Crippen molar-refractivity contribution in [1.29, 1.82) is 0 Å². The van der Waals surface area contributed by atoms with Gasteiger partial charge in [-0.25, -0.2) is 9.37 Å².